The Morgan fingerprint density at radius 1 is 0.333 bits per heavy atom. The molecule has 2 heteroatoms. The summed E-state index contributed by atoms with van der Waals surface area (Å²) in [5.74, 6) is 0. The summed E-state index contributed by atoms with van der Waals surface area (Å²) in [6.45, 7) is 9.75. The second kappa shape index (κ2) is 14.4. The number of hydrogen-bond donors (Lipinski definition) is 0. The third kappa shape index (κ3) is 5.32. The fourth-order valence-electron chi connectivity index (χ4n) is 13.2. The molecule has 0 spiro atoms. The predicted molar refractivity (Wildman–Crippen MR) is 288 cm³/mol. The summed E-state index contributed by atoms with van der Waals surface area (Å²) in [6, 6.07) is 86.3. The highest BCUT2D eigenvalue weighted by molar-refractivity contribution is 6.11. The van der Waals surface area contributed by atoms with E-state index in [1.807, 2.05) is 0 Å². The number of fused-ring (bicyclic) bond motifs is 12. The molecule has 14 rings (SSSR count). The van der Waals surface area contributed by atoms with E-state index in [0.29, 0.717) is 0 Å². The molecule has 2 nitrogen and oxygen atoms in total. The van der Waals surface area contributed by atoms with Crippen LogP contribution in [-0.4, -0.2) is 4.57 Å². The molecule has 0 amide bonds. The monoisotopic (exact) mass is 882 g/mol. The Morgan fingerprint density at radius 2 is 0.812 bits per heavy atom. The Hall–Kier alpha value is -8.20. The van der Waals surface area contributed by atoms with Gasteiger partial charge < -0.3 is 9.47 Å². The number of rotatable bonds is 6. The molecule has 3 aliphatic carbocycles. The summed E-state index contributed by atoms with van der Waals surface area (Å²) in [5, 5.41) is 2.56. The van der Waals surface area contributed by atoms with Crippen molar-refractivity contribution < 1.29 is 0 Å². The number of aromatic nitrogens is 1. The van der Waals surface area contributed by atoms with Crippen molar-refractivity contribution in [2.24, 2.45) is 0 Å². The van der Waals surface area contributed by atoms with Crippen molar-refractivity contribution in [1.29, 1.82) is 0 Å². The molecule has 0 N–H and O–H groups in total. The molecule has 1 aromatic heterocycles. The van der Waals surface area contributed by atoms with Crippen molar-refractivity contribution in [1.82, 2.24) is 4.57 Å². The van der Waals surface area contributed by atoms with Gasteiger partial charge in [-0.3, -0.25) is 0 Å². The first-order valence-electron chi connectivity index (χ1n) is 24.4. The minimum atomic E-state index is -0.461. The summed E-state index contributed by atoms with van der Waals surface area (Å²) in [6.07, 6.45) is 0. The topological polar surface area (TPSA) is 8.17 Å². The second-order valence-corrected chi connectivity index (χ2v) is 20.4. The van der Waals surface area contributed by atoms with Gasteiger partial charge in [-0.2, -0.15) is 0 Å². The van der Waals surface area contributed by atoms with Crippen LogP contribution in [0.1, 0.15) is 72.2 Å². The van der Waals surface area contributed by atoms with Gasteiger partial charge in [0.25, 0.3) is 0 Å². The van der Waals surface area contributed by atoms with Gasteiger partial charge in [-0.25, -0.2) is 0 Å². The first-order chi connectivity index (χ1) is 33.8. The SMILES string of the molecule is CC1(C)c2ccccc2-c2c1cc1c(c2-n2c3ccccc3c3ccccc32)C(C)(C)c2cc(N(c3ccccc3)c3ccc(C4(c5ccccc5)c5ccccc5-c5ccccc54)cc3)ccc2-1. The van der Waals surface area contributed by atoms with Crippen molar-refractivity contribution in [3.8, 4) is 39.1 Å². The standard InChI is InChI=1S/C67H50N2/c1-65(2)55-30-16-13-29-53(55)62-59(65)42-54-50-40-39-47(41-58(50)66(3,4)63(54)64(62)69-60-33-19-14-27-51(60)52-28-15-20-34-61(52)69)68(45-23-9-6-10-24-45)46-37-35-44(36-38-46)67(43-21-7-5-8-22-43)56-31-17-11-25-48(56)49-26-12-18-32-57(49)67/h5-42H,1-4H3. The minimum Gasteiger partial charge on any atom is -0.310 e. The lowest BCUT2D eigenvalue weighted by Gasteiger charge is -2.34. The first-order valence-corrected chi connectivity index (χ1v) is 24.4. The number of hydrogen-bond acceptors (Lipinski definition) is 1. The zero-order chi connectivity index (χ0) is 46.2. The highest BCUT2D eigenvalue weighted by atomic mass is 15.1. The van der Waals surface area contributed by atoms with Crippen molar-refractivity contribution in [3.05, 3.63) is 275 Å². The zero-order valence-electron chi connectivity index (χ0n) is 39.3. The average Bonchev–Trinajstić information content (AvgIpc) is 4.04. The normalized spacial score (nSPS) is 15.0. The van der Waals surface area contributed by atoms with E-state index in [0.717, 1.165) is 17.1 Å². The molecular weight excluding hydrogens is 833 g/mol. The molecular formula is C67H50N2. The zero-order valence-corrected chi connectivity index (χ0v) is 39.3. The van der Waals surface area contributed by atoms with E-state index >= 15 is 0 Å². The van der Waals surface area contributed by atoms with E-state index in [4.69, 9.17) is 0 Å². The molecule has 328 valence electrons. The molecule has 0 saturated carbocycles. The lowest BCUT2D eigenvalue weighted by molar-refractivity contribution is 0.649. The van der Waals surface area contributed by atoms with Gasteiger partial charge in [-0.05, 0) is 127 Å². The van der Waals surface area contributed by atoms with Gasteiger partial charge >= 0.3 is 0 Å². The van der Waals surface area contributed by atoms with Crippen LogP contribution < -0.4 is 4.90 Å². The Balaban J connectivity index is 0.970. The largest absolute Gasteiger partial charge is 0.310 e. The van der Waals surface area contributed by atoms with E-state index in [1.54, 1.807) is 0 Å². The molecule has 0 atom stereocenters. The number of nitrogens with zero attached hydrogens (tertiary/aromatic N) is 2. The summed E-state index contributed by atoms with van der Waals surface area (Å²) in [7, 11) is 0. The van der Waals surface area contributed by atoms with Crippen LogP contribution in [0.5, 0.6) is 0 Å². The van der Waals surface area contributed by atoms with Gasteiger partial charge in [0.05, 0.1) is 22.1 Å². The molecule has 11 aromatic rings. The molecule has 1 heterocycles. The van der Waals surface area contributed by atoms with Crippen LogP contribution in [0.3, 0.4) is 0 Å². The molecule has 0 bridgehead atoms. The van der Waals surface area contributed by atoms with E-state index < -0.39 is 5.41 Å². The van der Waals surface area contributed by atoms with Crippen LogP contribution in [0.25, 0.3) is 60.9 Å². The van der Waals surface area contributed by atoms with E-state index in [9.17, 15) is 0 Å². The number of anilines is 3. The molecule has 0 radical (unpaired) electrons. The highest BCUT2D eigenvalue weighted by Gasteiger charge is 2.47. The van der Waals surface area contributed by atoms with E-state index in [-0.39, 0.29) is 10.8 Å². The molecule has 0 saturated heterocycles. The Bertz CT molecular complexity index is 3790. The predicted octanol–water partition coefficient (Wildman–Crippen LogP) is 17.2. The molecule has 0 aliphatic heterocycles. The van der Waals surface area contributed by atoms with Crippen molar-refractivity contribution in [2.45, 2.75) is 43.9 Å². The second-order valence-electron chi connectivity index (χ2n) is 20.4. The van der Waals surface area contributed by atoms with Crippen LogP contribution >= 0.6 is 0 Å². The molecule has 0 unspecified atom stereocenters. The van der Waals surface area contributed by atoms with E-state index in [2.05, 4.69) is 268 Å². The smallest absolute Gasteiger partial charge is 0.0713 e. The van der Waals surface area contributed by atoms with Crippen LogP contribution in [0.4, 0.5) is 17.1 Å². The van der Waals surface area contributed by atoms with Crippen molar-refractivity contribution in [3.63, 3.8) is 0 Å². The van der Waals surface area contributed by atoms with Gasteiger partial charge in [0.1, 0.15) is 0 Å². The van der Waals surface area contributed by atoms with Crippen molar-refractivity contribution >= 4 is 38.9 Å². The third-order valence-electron chi connectivity index (χ3n) is 16.2. The van der Waals surface area contributed by atoms with Crippen LogP contribution in [0, 0.1) is 0 Å². The van der Waals surface area contributed by atoms with Crippen molar-refractivity contribution in [2.75, 3.05) is 4.90 Å². The number of benzene rings is 10. The lowest BCUT2D eigenvalue weighted by Crippen LogP contribution is -2.28. The maximum atomic E-state index is 2.61. The molecule has 3 aliphatic rings. The fraction of sp³-hybridized carbons (Fsp3) is 0.104. The van der Waals surface area contributed by atoms with Gasteiger partial charge in [0.15, 0.2) is 0 Å². The number of para-hydroxylation sites is 3. The quantitative estimate of drug-likeness (QED) is 0.162. The van der Waals surface area contributed by atoms with Gasteiger partial charge in [0, 0.05) is 44.2 Å². The maximum absolute atomic E-state index is 2.61. The molecule has 10 aromatic carbocycles. The van der Waals surface area contributed by atoms with Gasteiger partial charge in [-0.1, -0.05) is 204 Å². The maximum Gasteiger partial charge on any atom is 0.0713 e. The minimum absolute atomic E-state index is 0.181. The molecule has 0 fully saturated rings. The van der Waals surface area contributed by atoms with Gasteiger partial charge in [-0.15, -0.1) is 0 Å². The summed E-state index contributed by atoms with van der Waals surface area (Å²) in [4.78, 5) is 2.45. The van der Waals surface area contributed by atoms with E-state index in [1.165, 1.54) is 105 Å². The third-order valence-corrected chi connectivity index (χ3v) is 16.2. The fourth-order valence-corrected chi connectivity index (χ4v) is 13.2. The highest BCUT2D eigenvalue weighted by Crippen LogP contribution is 2.61. The molecule has 69 heavy (non-hydrogen) atoms. The van der Waals surface area contributed by atoms with Crippen LogP contribution in [0.15, 0.2) is 231 Å². The Morgan fingerprint density at radius 3 is 1.45 bits per heavy atom. The Kier molecular flexibility index (Phi) is 8.33. The van der Waals surface area contributed by atoms with Crippen LogP contribution in [-0.2, 0) is 16.2 Å². The summed E-state index contributed by atoms with van der Waals surface area (Å²) in [5.41, 5.74) is 24.8. The Labute approximate surface area is 404 Å². The first kappa shape index (κ1) is 39.9. The lowest BCUT2D eigenvalue weighted by atomic mass is 9.68. The average molecular weight is 883 g/mol. The summed E-state index contributed by atoms with van der Waals surface area (Å²) >= 11 is 0. The summed E-state index contributed by atoms with van der Waals surface area (Å²) < 4.78 is 2.61. The van der Waals surface area contributed by atoms with Gasteiger partial charge in [0.2, 0.25) is 0 Å². The van der Waals surface area contributed by atoms with Crippen LogP contribution in [0.2, 0.25) is 0 Å².